The molecule has 0 N–H and O–H groups in total. The monoisotopic (exact) mass is 324 g/mol. The first kappa shape index (κ1) is 20.5. The summed E-state index contributed by atoms with van der Waals surface area (Å²) in [6.07, 6.45) is 0. The van der Waals surface area contributed by atoms with E-state index in [1.54, 1.807) is 0 Å². The Morgan fingerprint density at radius 3 is 2.05 bits per heavy atom. The Hall–Kier alpha value is 0.487. The molecule has 0 fully saturated rings. The topological polar surface area (TPSA) is 18.5 Å². The maximum atomic E-state index is 6.18. The van der Waals surface area contributed by atoms with Crippen molar-refractivity contribution in [2.45, 2.75) is 45.3 Å². The van der Waals surface area contributed by atoms with E-state index in [0.29, 0.717) is 17.5 Å². The van der Waals surface area contributed by atoms with Crippen molar-refractivity contribution in [3.8, 4) is 5.75 Å². The minimum absolute atomic E-state index is 0. The van der Waals surface area contributed by atoms with Crippen molar-refractivity contribution in [2.24, 2.45) is 0 Å². The van der Waals surface area contributed by atoms with Gasteiger partial charge in [0.05, 0.1) is 11.5 Å². The molecule has 0 aromatic heterocycles. The van der Waals surface area contributed by atoms with Gasteiger partial charge in [-0.3, -0.25) is 0 Å². The molecule has 0 atom stereocenters. The van der Waals surface area contributed by atoms with Crippen molar-refractivity contribution in [2.75, 3.05) is 12.5 Å². The van der Waals surface area contributed by atoms with Crippen LogP contribution in [0.25, 0.3) is 0 Å². The van der Waals surface area contributed by atoms with E-state index in [-0.39, 0.29) is 35.2 Å². The summed E-state index contributed by atoms with van der Waals surface area (Å²) in [6, 6.07) is 8.10. The molecule has 0 radical (unpaired) electrons. The predicted molar refractivity (Wildman–Crippen MR) is 92.2 cm³/mol. The first-order valence-electron chi connectivity index (χ1n) is 6.68. The molecule has 0 saturated carbocycles. The molecule has 0 aliphatic heterocycles. The van der Waals surface area contributed by atoms with Gasteiger partial charge in [-0.05, 0) is 36.6 Å². The maximum absolute atomic E-state index is 6.18. The molecule has 20 heavy (non-hydrogen) atoms. The number of hydrogen-bond acceptors (Lipinski definition) is 2. The second kappa shape index (κ2) is 8.81. The van der Waals surface area contributed by atoms with Gasteiger partial charge in [-0.1, -0.05) is 32.9 Å². The van der Waals surface area contributed by atoms with E-state index in [1.165, 1.54) is 5.56 Å². The van der Waals surface area contributed by atoms with E-state index < -0.39 is 9.76 Å². The van der Waals surface area contributed by atoms with Crippen molar-refractivity contribution in [3.05, 3.63) is 29.8 Å². The Morgan fingerprint density at radius 2 is 1.60 bits per heavy atom. The molecule has 1 aromatic rings. The van der Waals surface area contributed by atoms with Gasteiger partial charge in [0.2, 0.25) is 0 Å². The zero-order valence-electron chi connectivity index (χ0n) is 12.6. The number of ether oxygens (including phenoxy) is 1. The fourth-order valence-corrected chi connectivity index (χ4v) is 2.63. The summed E-state index contributed by atoms with van der Waals surface area (Å²) in [5.41, 5.74) is 0.951. The molecule has 0 spiro atoms. The predicted octanol–water partition coefficient (Wildman–Crippen LogP) is 3.21. The molecule has 0 unspecified atom stereocenters. The van der Waals surface area contributed by atoms with Gasteiger partial charge >= 0.3 is 29.6 Å². The molecule has 0 bridgehead atoms. The van der Waals surface area contributed by atoms with Gasteiger partial charge in [-0.2, -0.15) is 0 Å². The van der Waals surface area contributed by atoms with Crippen molar-refractivity contribution >= 4 is 50.9 Å². The van der Waals surface area contributed by atoms with Crippen LogP contribution in [0.2, 0.25) is 5.04 Å². The third-order valence-corrected chi connectivity index (χ3v) is 4.65. The van der Waals surface area contributed by atoms with Gasteiger partial charge in [-0.25, -0.2) is 0 Å². The van der Waals surface area contributed by atoms with Crippen LogP contribution in [0.3, 0.4) is 0 Å². The van der Waals surface area contributed by atoms with Crippen molar-refractivity contribution in [3.63, 3.8) is 0 Å². The standard InChI is InChI=1S/C15H25ClO2Si.Na.H/c1-14(2,3)19-18-15(4,5)12-6-8-13(9-7-12)17-11-10-16;;/h6-9H,10-11,19H2,1-5H3;;. The normalized spacial score (nSPS) is 12.5. The molecule has 0 saturated heterocycles. The van der Waals surface area contributed by atoms with Crippen molar-refractivity contribution in [1.29, 1.82) is 0 Å². The molecule has 2 nitrogen and oxygen atoms in total. The Bertz CT molecular complexity index is 388. The van der Waals surface area contributed by atoms with Crippen LogP contribution in [0, 0.1) is 0 Å². The first-order valence-corrected chi connectivity index (χ1v) is 8.50. The van der Waals surface area contributed by atoms with Crippen molar-refractivity contribution in [1.82, 2.24) is 0 Å². The summed E-state index contributed by atoms with van der Waals surface area (Å²) in [4.78, 5) is 0. The molecular formula is C15H26ClNaO2Si. The average Bonchev–Trinajstić information content (AvgIpc) is 2.34. The molecule has 0 aliphatic carbocycles. The van der Waals surface area contributed by atoms with E-state index >= 15 is 0 Å². The van der Waals surface area contributed by atoms with Gasteiger partial charge in [0.15, 0.2) is 9.76 Å². The fourth-order valence-electron chi connectivity index (χ4n) is 1.59. The number of halogens is 1. The van der Waals surface area contributed by atoms with Crippen LogP contribution >= 0.6 is 11.6 Å². The molecule has 0 amide bonds. The van der Waals surface area contributed by atoms with Gasteiger partial charge < -0.3 is 9.16 Å². The molecule has 5 heteroatoms. The molecular weight excluding hydrogens is 299 g/mol. The van der Waals surface area contributed by atoms with E-state index in [1.807, 2.05) is 12.1 Å². The van der Waals surface area contributed by atoms with Crippen LogP contribution in [0.5, 0.6) is 5.75 Å². The number of rotatable bonds is 6. The molecule has 110 valence electrons. The van der Waals surface area contributed by atoms with Crippen LogP contribution in [0.15, 0.2) is 24.3 Å². The summed E-state index contributed by atoms with van der Waals surface area (Å²) >= 11 is 5.60. The summed E-state index contributed by atoms with van der Waals surface area (Å²) < 4.78 is 11.7. The first-order chi connectivity index (χ1) is 8.74. The molecule has 1 rings (SSSR count). The van der Waals surface area contributed by atoms with Crippen LogP contribution in [0.4, 0.5) is 0 Å². The fraction of sp³-hybridized carbons (Fsp3) is 0.600. The second-order valence-corrected chi connectivity index (χ2v) is 9.50. The van der Waals surface area contributed by atoms with E-state index in [4.69, 9.17) is 20.8 Å². The van der Waals surface area contributed by atoms with Crippen LogP contribution < -0.4 is 4.74 Å². The SMILES string of the molecule is CC(C)(C)[SiH2]OC(C)(C)c1ccc(OCCCl)cc1.[NaH]. The van der Waals surface area contributed by atoms with Crippen LogP contribution in [0.1, 0.15) is 40.2 Å². The second-order valence-electron chi connectivity index (χ2n) is 6.42. The number of benzene rings is 1. The van der Waals surface area contributed by atoms with Crippen molar-refractivity contribution < 1.29 is 9.16 Å². The Kier molecular flexibility index (Phi) is 9.03. The number of hydrogen-bond donors (Lipinski definition) is 0. The Labute approximate surface area is 152 Å². The molecule has 1 aromatic carbocycles. The van der Waals surface area contributed by atoms with Gasteiger partial charge in [-0.15, -0.1) is 11.6 Å². The molecule has 0 heterocycles. The van der Waals surface area contributed by atoms with E-state index in [2.05, 4.69) is 46.8 Å². The molecule has 0 aliphatic rings. The Balaban J connectivity index is 0.00000361. The minimum atomic E-state index is -0.570. The third kappa shape index (κ3) is 7.48. The van der Waals surface area contributed by atoms with Gasteiger partial charge in [0.25, 0.3) is 0 Å². The Morgan fingerprint density at radius 1 is 1.05 bits per heavy atom. The van der Waals surface area contributed by atoms with E-state index in [9.17, 15) is 0 Å². The van der Waals surface area contributed by atoms with Crippen LogP contribution in [-0.4, -0.2) is 51.8 Å². The summed E-state index contributed by atoms with van der Waals surface area (Å²) in [6.45, 7) is 11.5. The zero-order chi connectivity index (χ0) is 14.5. The number of alkyl halides is 1. The van der Waals surface area contributed by atoms with Crippen LogP contribution in [-0.2, 0) is 10.0 Å². The van der Waals surface area contributed by atoms with Gasteiger partial charge in [0.1, 0.15) is 12.4 Å². The van der Waals surface area contributed by atoms with E-state index in [0.717, 1.165) is 5.75 Å². The zero-order valence-corrected chi connectivity index (χ0v) is 14.8. The summed E-state index contributed by atoms with van der Waals surface area (Å²) in [5.74, 6) is 1.36. The van der Waals surface area contributed by atoms with Gasteiger partial charge in [0, 0.05) is 0 Å². The quantitative estimate of drug-likeness (QED) is 0.591. The average molecular weight is 325 g/mol. The summed E-state index contributed by atoms with van der Waals surface area (Å²) in [5, 5.41) is 0.306. The third-order valence-electron chi connectivity index (χ3n) is 2.76. The summed E-state index contributed by atoms with van der Waals surface area (Å²) in [7, 11) is -0.570.